The van der Waals surface area contributed by atoms with Crippen molar-refractivity contribution in [2.75, 3.05) is 5.32 Å². The minimum Gasteiger partial charge on any atom is -0.365 e. The van der Waals surface area contributed by atoms with Crippen LogP contribution in [-0.2, 0) is 11.3 Å². The molecule has 0 aromatic carbocycles. The first-order valence-electron chi connectivity index (χ1n) is 8.58. The number of pyridine rings is 1. The summed E-state index contributed by atoms with van der Waals surface area (Å²) >= 11 is 0.816. The van der Waals surface area contributed by atoms with Crippen LogP contribution in [0.15, 0.2) is 18.5 Å². The number of rotatable bonds is 7. The quantitative estimate of drug-likeness (QED) is 0.428. The number of carbonyl (C=O) groups excluding carboxylic acids is 2. The monoisotopic (exact) mass is 438 g/mol. The number of amides is 2. The third-order valence-corrected chi connectivity index (χ3v) is 5.41. The molecule has 0 saturated carbocycles. The number of aryl methyl sites for hydroxylation is 1. The first kappa shape index (κ1) is 21.2. The Morgan fingerprint density at radius 1 is 1.43 bits per heavy atom. The fourth-order valence-corrected chi connectivity index (χ4v) is 3.93. The number of nitrogens with two attached hydrogens (primary N) is 1. The second kappa shape index (κ2) is 8.10. The number of anilines is 1. The zero-order valence-electron chi connectivity index (χ0n) is 15.8. The molecular weight excluding hydrogens is 422 g/mol. The lowest BCUT2D eigenvalue weighted by molar-refractivity contribution is -0.385. The highest BCUT2D eigenvalue weighted by molar-refractivity contribution is 7.21. The van der Waals surface area contributed by atoms with Gasteiger partial charge in [-0.05, 0) is 18.6 Å². The Morgan fingerprint density at radius 3 is 2.70 bits per heavy atom. The number of fused-ring (bicyclic) bond motifs is 1. The summed E-state index contributed by atoms with van der Waals surface area (Å²) < 4.78 is 27.3. The van der Waals surface area contributed by atoms with Gasteiger partial charge in [-0.1, -0.05) is 6.92 Å². The summed E-state index contributed by atoms with van der Waals surface area (Å²) in [5.41, 5.74) is 5.26. The lowest BCUT2D eigenvalue weighted by Gasteiger charge is -2.13. The largest absolute Gasteiger partial charge is 0.365 e. The maximum atomic E-state index is 13.0. The van der Waals surface area contributed by atoms with E-state index in [1.54, 1.807) is 13.8 Å². The van der Waals surface area contributed by atoms with Gasteiger partial charge in [-0.2, -0.15) is 5.10 Å². The molecule has 2 amide bonds. The van der Waals surface area contributed by atoms with Crippen molar-refractivity contribution in [1.29, 1.82) is 0 Å². The molecular formula is C17H16F2N6O4S. The highest BCUT2D eigenvalue weighted by Gasteiger charge is 2.25. The molecule has 0 saturated heterocycles. The van der Waals surface area contributed by atoms with Gasteiger partial charge in [-0.15, -0.1) is 11.3 Å². The van der Waals surface area contributed by atoms with Crippen molar-refractivity contribution < 1.29 is 23.3 Å². The zero-order chi connectivity index (χ0) is 22.2. The standard InChI is InChI=1S/C17H16F2N6O4S/c1-7-3-10(14(18)19)22-17-11(7)12(13(30-17)15(20)26)23-16(27)8(2)5-24-6-9(4-21-24)25(28)29/h3-4,6,8,14H,5H2,1-2H3,(H2,20,26)(H,23,27). The van der Waals surface area contributed by atoms with Gasteiger partial charge in [0.2, 0.25) is 5.91 Å². The Kier molecular flexibility index (Phi) is 5.73. The van der Waals surface area contributed by atoms with E-state index in [9.17, 15) is 28.5 Å². The van der Waals surface area contributed by atoms with Crippen LogP contribution in [0.3, 0.4) is 0 Å². The van der Waals surface area contributed by atoms with Gasteiger partial charge >= 0.3 is 5.69 Å². The second-order valence-corrected chi connectivity index (χ2v) is 7.58. The molecule has 3 aromatic rings. The number of hydrogen-bond acceptors (Lipinski definition) is 7. The molecule has 13 heteroatoms. The van der Waals surface area contributed by atoms with E-state index in [1.807, 2.05) is 0 Å². The summed E-state index contributed by atoms with van der Waals surface area (Å²) in [6, 6.07) is 1.19. The third-order valence-electron chi connectivity index (χ3n) is 4.31. The fraction of sp³-hybridized carbons (Fsp3) is 0.294. The topological polar surface area (TPSA) is 146 Å². The van der Waals surface area contributed by atoms with E-state index in [0.717, 1.165) is 17.5 Å². The van der Waals surface area contributed by atoms with Crippen LogP contribution in [-0.4, -0.2) is 31.5 Å². The van der Waals surface area contributed by atoms with E-state index in [1.165, 1.54) is 16.9 Å². The van der Waals surface area contributed by atoms with Crippen LogP contribution < -0.4 is 11.1 Å². The van der Waals surface area contributed by atoms with Crippen LogP contribution in [0.25, 0.3) is 10.2 Å². The van der Waals surface area contributed by atoms with Crippen LogP contribution in [0.4, 0.5) is 20.2 Å². The molecule has 1 atom stereocenters. The number of nitro groups is 1. The molecule has 3 heterocycles. The van der Waals surface area contributed by atoms with Crippen LogP contribution in [0.2, 0.25) is 0 Å². The number of halogens is 2. The second-order valence-electron chi connectivity index (χ2n) is 6.58. The Bertz CT molecular complexity index is 1160. The molecule has 0 aliphatic heterocycles. The lowest BCUT2D eigenvalue weighted by atomic mass is 10.1. The minimum absolute atomic E-state index is 0.0118. The van der Waals surface area contributed by atoms with E-state index in [0.29, 0.717) is 10.9 Å². The van der Waals surface area contributed by atoms with Crippen LogP contribution in [0, 0.1) is 23.0 Å². The number of nitrogens with zero attached hydrogens (tertiary/aromatic N) is 4. The Balaban J connectivity index is 1.91. The maximum Gasteiger partial charge on any atom is 0.306 e. The molecule has 158 valence electrons. The fourth-order valence-electron chi connectivity index (χ4n) is 2.87. The summed E-state index contributed by atoms with van der Waals surface area (Å²) in [5.74, 6) is -2.02. The molecule has 0 bridgehead atoms. The molecule has 0 spiro atoms. The molecule has 3 aromatic heterocycles. The van der Waals surface area contributed by atoms with Gasteiger partial charge in [0.15, 0.2) is 0 Å². The summed E-state index contributed by atoms with van der Waals surface area (Å²) in [6.07, 6.45) is -0.528. The van der Waals surface area contributed by atoms with E-state index in [2.05, 4.69) is 15.4 Å². The molecule has 3 N–H and O–H groups in total. The van der Waals surface area contributed by atoms with Crippen LogP contribution in [0.5, 0.6) is 0 Å². The molecule has 1 unspecified atom stereocenters. The number of primary amides is 1. The minimum atomic E-state index is -2.79. The van der Waals surface area contributed by atoms with Gasteiger partial charge in [0.25, 0.3) is 12.3 Å². The van der Waals surface area contributed by atoms with Gasteiger partial charge in [-0.25, -0.2) is 13.8 Å². The van der Waals surface area contributed by atoms with Gasteiger partial charge in [0.1, 0.15) is 27.8 Å². The number of carbonyl (C=O) groups is 2. The Morgan fingerprint density at radius 2 is 2.13 bits per heavy atom. The van der Waals surface area contributed by atoms with Crippen molar-refractivity contribution in [3.63, 3.8) is 0 Å². The van der Waals surface area contributed by atoms with Crippen LogP contribution >= 0.6 is 11.3 Å². The van der Waals surface area contributed by atoms with Gasteiger partial charge < -0.3 is 11.1 Å². The van der Waals surface area contributed by atoms with Crippen molar-refractivity contribution in [2.45, 2.75) is 26.8 Å². The molecule has 30 heavy (non-hydrogen) atoms. The van der Waals surface area contributed by atoms with Gasteiger partial charge in [0.05, 0.1) is 23.1 Å². The third kappa shape index (κ3) is 4.10. The zero-order valence-corrected chi connectivity index (χ0v) is 16.6. The number of hydrogen-bond donors (Lipinski definition) is 2. The van der Waals surface area contributed by atoms with Gasteiger partial charge in [0, 0.05) is 5.39 Å². The predicted molar refractivity (Wildman–Crippen MR) is 105 cm³/mol. The first-order valence-corrected chi connectivity index (χ1v) is 9.39. The average Bonchev–Trinajstić information content (AvgIpc) is 3.26. The smallest absolute Gasteiger partial charge is 0.306 e. The average molecular weight is 438 g/mol. The molecule has 10 nitrogen and oxygen atoms in total. The SMILES string of the molecule is Cc1cc(C(F)F)nc2sc(C(N)=O)c(NC(=O)C(C)Cn3cc([N+](=O)[O-])cn3)c12. The van der Waals surface area contributed by atoms with Gasteiger partial charge in [-0.3, -0.25) is 24.4 Å². The summed E-state index contributed by atoms with van der Waals surface area (Å²) in [6.45, 7) is 3.18. The van der Waals surface area contributed by atoms with E-state index in [4.69, 9.17) is 5.73 Å². The number of alkyl halides is 2. The molecule has 0 aliphatic carbocycles. The summed E-state index contributed by atoms with van der Waals surface area (Å²) in [4.78, 5) is 38.7. The Labute approximate surface area is 171 Å². The van der Waals surface area contributed by atoms with E-state index < -0.39 is 34.8 Å². The highest BCUT2D eigenvalue weighted by Crippen LogP contribution is 2.38. The molecule has 0 fully saturated rings. The molecule has 0 radical (unpaired) electrons. The number of thiophene rings is 1. The highest BCUT2D eigenvalue weighted by atomic mass is 32.1. The molecule has 0 aliphatic rings. The maximum absolute atomic E-state index is 13.0. The van der Waals surface area contributed by atoms with Crippen molar-refractivity contribution in [3.05, 3.63) is 44.7 Å². The Hall–Kier alpha value is -3.48. The predicted octanol–water partition coefficient (Wildman–Crippen LogP) is 3.02. The van der Waals surface area contributed by atoms with E-state index >= 15 is 0 Å². The number of aromatic nitrogens is 3. The number of nitrogens with one attached hydrogen (secondary N) is 1. The van der Waals surface area contributed by atoms with Crippen LogP contribution in [0.1, 0.15) is 34.3 Å². The molecule has 3 rings (SSSR count). The summed E-state index contributed by atoms with van der Waals surface area (Å²) in [7, 11) is 0. The van der Waals surface area contributed by atoms with Crippen molar-refractivity contribution >= 4 is 44.7 Å². The summed E-state index contributed by atoms with van der Waals surface area (Å²) in [5, 5.41) is 17.6. The normalized spacial score (nSPS) is 12.3. The van der Waals surface area contributed by atoms with Crippen molar-refractivity contribution in [1.82, 2.24) is 14.8 Å². The van der Waals surface area contributed by atoms with Crippen molar-refractivity contribution in [2.24, 2.45) is 11.7 Å². The van der Waals surface area contributed by atoms with E-state index in [-0.39, 0.29) is 27.6 Å². The lowest BCUT2D eigenvalue weighted by Crippen LogP contribution is -2.25. The van der Waals surface area contributed by atoms with Crippen molar-refractivity contribution in [3.8, 4) is 0 Å². The first-order chi connectivity index (χ1) is 14.1.